The van der Waals surface area contributed by atoms with E-state index in [1.165, 1.54) is 6.42 Å². The van der Waals surface area contributed by atoms with Gasteiger partial charge in [-0.25, -0.2) is 9.97 Å². The van der Waals surface area contributed by atoms with Crippen molar-refractivity contribution in [2.75, 3.05) is 11.5 Å². The standard InChI is InChI=1S/C11H18IN3S/c1-4-5-16-6-8-14-10(7(2)3)9(12)11(13)15-8/h7H,4-6H2,1-3H3,(H2,13,14,15). The first kappa shape index (κ1) is 14.0. The van der Waals surface area contributed by atoms with E-state index in [9.17, 15) is 0 Å². The second-order valence-electron chi connectivity index (χ2n) is 3.93. The van der Waals surface area contributed by atoms with Crippen molar-refractivity contribution in [3.05, 3.63) is 15.1 Å². The number of nitrogen functional groups attached to an aromatic ring is 1. The summed E-state index contributed by atoms with van der Waals surface area (Å²) < 4.78 is 0.997. The Hall–Kier alpha value is -0.0400. The third-order valence-electron chi connectivity index (χ3n) is 2.08. The predicted molar refractivity (Wildman–Crippen MR) is 79.7 cm³/mol. The molecule has 1 aromatic heterocycles. The topological polar surface area (TPSA) is 51.8 Å². The van der Waals surface area contributed by atoms with Gasteiger partial charge in [-0.1, -0.05) is 20.8 Å². The Morgan fingerprint density at radius 2 is 2.06 bits per heavy atom. The number of hydrogen-bond acceptors (Lipinski definition) is 4. The second-order valence-corrected chi connectivity index (χ2v) is 6.12. The predicted octanol–water partition coefficient (Wildman–Crippen LogP) is 3.43. The molecule has 1 heterocycles. The molecule has 3 nitrogen and oxygen atoms in total. The van der Waals surface area contributed by atoms with Gasteiger partial charge in [0.1, 0.15) is 11.6 Å². The van der Waals surface area contributed by atoms with E-state index in [4.69, 9.17) is 5.73 Å². The van der Waals surface area contributed by atoms with E-state index in [1.54, 1.807) is 0 Å². The van der Waals surface area contributed by atoms with E-state index in [1.807, 2.05) is 11.8 Å². The highest BCUT2D eigenvalue weighted by Crippen LogP contribution is 2.24. The second kappa shape index (κ2) is 6.64. The fraction of sp³-hybridized carbons (Fsp3) is 0.636. The minimum Gasteiger partial charge on any atom is -0.383 e. The van der Waals surface area contributed by atoms with Crippen LogP contribution in [0.25, 0.3) is 0 Å². The summed E-state index contributed by atoms with van der Waals surface area (Å²) in [5, 5.41) is 0. The minimum absolute atomic E-state index is 0.395. The fourth-order valence-corrected chi connectivity index (χ4v) is 2.90. The quantitative estimate of drug-likeness (QED) is 0.652. The number of halogens is 1. The van der Waals surface area contributed by atoms with Crippen molar-refractivity contribution < 1.29 is 0 Å². The summed E-state index contributed by atoms with van der Waals surface area (Å²) in [6.45, 7) is 6.44. The van der Waals surface area contributed by atoms with Gasteiger partial charge in [-0.05, 0) is 40.7 Å². The van der Waals surface area contributed by atoms with E-state index < -0.39 is 0 Å². The van der Waals surface area contributed by atoms with Crippen molar-refractivity contribution in [1.82, 2.24) is 9.97 Å². The summed E-state index contributed by atoms with van der Waals surface area (Å²) in [5.41, 5.74) is 6.97. The lowest BCUT2D eigenvalue weighted by Gasteiger charge is -2.11. The van der Waals surface area contributed by atoms with Crippen LogP contribution in [-0.2, 0) is 5.75 Å². The summed E-state index contributed by atoms with van der Waals surface area (Å²) in [6.07, 6.45) is 1.18. The van der Waals surface area contributed by atoms with E-state index in [0.29, 0.717) is 11.7 Å². The summed E-state index contributed by atoms with van der Waals surface area (Å²) in [6, 6.07) is 0. The van der Waals surface area contributed by atoms with Gasteiger partial charge in [0.15, 0.2) is 0 Å². The van der Waals surface area contributed by atoms with Crippen LogP contribution in [0.2, 0.25) is 0 Å². The van der Waals surface area contributed by atoms with Crippen LogP contribution in [0.4, 0.5) is 5.82 Å². The number of hydrogen-bond donors (Lipinski definition) is 1. The highest BCUT2D eigenvalue weighted by atomic mass is 127. The molecule has 0 saturated heterocycles. The molecule has 90 valence electrons. The van der Waals surface area contributed by atoms with E-state index >= 15 is 0 Å². The molecule has 5 heteroatoms. The highest BCUT2D eigenvalue weighted by molar-refractivity contribution is 14.1. The number of nitrogens with zero attached hydrogens (tertiary/aromatic N) is 2. The fourth-order valence-electron chi connectivity index (χ4n) is 1.29. The number of anilines is 1. The van der Waals surface area contributed by atoms with Gasteiger partial charge in [0.25, 0.3) is 0 Å². The number of rotatable bonds is 5. The molecule has 0 aliphatic heterocycles. The maximum absolute atomic E-state index is 5.90. The Morgan fingerprint density at radius 3 is 2.62 bits per heavy atom. The van der Waals surface area contributed by atoms with Crippen LogP contribution in [0, 0.1) is 3.57 Å². The third kappa shape index (κ3) is 3.76. The van der Waals surface area contributed by atoms with Gasteiger partial charge in [-0.2, -0.15) is 11.8 Å². The first-order chi connectivity index (χ1) is 7.56. The molecule has 0 spiro atoms. The van der Waals surface area contributed by atoms with Crippen LogP contribution >= 0.6 is 34.4 Å². The molecular formula is C11H18IN3S. The molecule has 0 fully saturated rings. The lowest BCUT2D eigenvalue weighted by atomic mass is 10.1. The molecule has 0 bridgehead atoms. The van der Waals surface area contributed by atoms with Crippen molar-refractivity contribution in [1.29, 1.82) is 0 Å². The van der Waals surface area contributed by atoms with Crippen molar-refractivity contribution in [3.63, 3.8) is 0 Å². The zero-order valence-electron chi connectivity index (χ0n) is 9.96. The van der Waals surface area contributed by atoms with Crippen LogP contribution in [-0.4, -0.2) is 15.7 Å². The van der Waals surface area contributed by atoms with Crippen molar-refractivity contribution in [2.24, 2.45) is 0 Å². The Bertz CT molecular complexity index is 355. The van der Waals surface area contributed by atoms with E-state index in [2.05, 4.69) is 53.3 Å². The van der Waals surface area contributed by atoms with E-state index in [0.717, 1.165) is 26.6 Å². The lowest BCUT2D eigenvalue weighted by Crippen LogP contribution is -2.08. The molecule has 2 N–H and O–H groups in total. The van der Waals surface area contributed by atoms with Crippen LogP contribution in [0.5, 0.6) is 0 Å². The summed E-state index contributed by atoms with van der Waals surface area (Å²) in [4.78, 5) is 8.91. The van der Waals surface area contributed by atoms with Gasteiger partial charge >= 0.3 is 0 Å². The third-order valence-corrected chi connectivity index (χ3v) is 4.34. The van der Waals surface area contributed by atoms with Gasteiger partial charge < -0.3 is 5.73 Å². The minimum atomic E-state index is 0.395. The molecule has 0 atom stereocenters. The van der Waals surface area contributed by atoms with Gasteiger partial charge in [-0.3, -0.25) is 0 Å². The zero-order valence-corrected chi connectivity index (χ0v) is 12.9. The Morgan fingerprint density at radius 1 is 1.38 bits per heavy atom. The SMILES string of the molecule is CCCSCc1nc(N)c(I)c(C(C)C)n1. The largest absolute Gasteiger partial charge is 0.383 e. The Balaban J connectivity index is 2.86. The Kier molecular flexibility index (Phi) is 5.82. The monoisotopic (exact) mass is 351 g/mol. The summed E-state index contributed by atoms with van der Waals surface area (Å²) >= 11 is 4.08. The van der Waals surface area contributed by atoms with Crippen molar-refractivity contribution in [2.45, 2.75) is 38.9 Å². The van der Waals surface area contributed by atoms with Gasteiger partial charge in [-0.15, -0.1) is 0 Å². The molecule has 0 amide bonds. The maximum Gasteiger partial charge on any atom is 0.140 e. The van der Waals surface area contributed by atoms with Crippen LogP contribution < -0.4 is 5.73 Å². The first-order valence-electron chi connectivity index (χ1n) is 5.45. The number of nitrogens with two attached hydrogens (primary N) is 1. The molecule has 16 heavy (non-hydrogen) atoms. The van der Waals surface area contributed by atoms with Crippen LogP contribution in [0.15, 0.2) is 0 Å². The number of thioether (sulfide) groups is 1. The molecule has 1 aromatic rings. The van der Waals surface area contributed by atoms with Gasteiger partial charge in [0.05, 0.1) is 15.0 Å². The molecule has 0 aliphatic carbocycles. The van der Waals surface area contributed by atoms with Crippen LogP contribution in [0.3, 0.4) is 0 Å². The molecule has 1 rings (SSSR count). The van der Waals surface area contributed by atoms with Crippen LogP contribution in [0.1, 0.15) is 44.6 Å². The van der Waals surface area contributed by atoms with Gasteiger partial charge in [0.2, 0.25) is 0 Å². The zero-order chi connectivity index (χ0) is 12.1. The average Bonchev–Trinajstić information content (AvgIpc) is 2.23. The van der Waals surface area contributed by atoms with Gasteiger partial charge in [0, 0.05) is 0 Å². The van der Waals surface area contributed by atoms with Crippen molar-refractivity contribution in [3.8, 4) is 0 Å². The first-order valence-corrected chi connectivity index (χ1v) is 7.69. The summed E-state index contributed by atoms with van der Waals surface area (Å²) in [7, 11) is 0. The summed E-state index contributed by atoms with van der Waals surface area (Å²) in [5.74, 6) is 3.87. The normalized spacial score (nSPS) is 11.1. The maximum atomic E-state index is 5.90. The molecule has 0 aromatic carbocycles. The average molecular weight is 351 g/mol. The smallest absolute Gasteiger partial charge is 0.140 e. The molecule has 0 saturated carbocycles. The number of aromatic nitrogens is 2. The van der Waals surface area contributed by atoms with Crippen molar-refractivity contribution >= 4 is 40.2 Å². The molecule has 0 radical (unpaired) electrons. The lowest BCUT2D eigenvalue weighted by molar-refractivity contribution is 0.793. The molecule has 0 unspecified atom stereocenters. The highest BCUT2D eigenvalue weighted by Gasteiger charge is 2.12. The van der Waals surface area contributed by atoms with E-state index in [-0.39, 0.29) is 0 Å². The molecule has 0 aliphatic rings. The molecular weight excluding hydrogens is 333 g/mol. The Labute approximate surface area is 115 Å².